The molecule has 0 saturated heterocycles. The summed E-state index contributed by atoms with van der Waals surface area (Å²) >= 11 is 0. The van der Waals surface area contributed by atoms with E-state index in [0.717, 1.165) is 6.42 Å². The Morgan fingerprint density at radius 2 is 1.83 bits per heavy atom. The summed E-state index contributed by atoms with van der Waals surface area (Å²) in [7, 11) is -3.30. The molecule has 0 aliphatic rings. The summed E-state index contributed by atoms with van der Waals surface area (Å²) in [6.45, 7) is 9.59. The average Bonchev–Trinajstić information content (AvgIpc) is 2.13. The molecule has 0 aromatic rings. The van der Waals surface area contributed by atoms with E-state index in [1.165, 1.54) is 10.6 Å². The molecule has 1 amide bonds. The van der Waals surface area contributed by atoms with Crippen molar-refractivity contribution in [1.82, 2.24) is 9.62 Å². The van der Waals surface area contributed by atoms with Crippen LogP contribution in [0.2, 0.25) is 0 Å². The second-order valence-corrected chi connectivity index (χ2v) is 7.54. The Morgan fingerprint density at radius 3 is 2.17 bits per heavy atom. The second-order valence-electron chi connectivity index (χ2n) is 5.63. The molecule has 0 bridgehead atoms. The summed E-state index contributed by atoms with van der Waals surface area (Å²) in [5.74, 6) is -0.109. The molecular formula is C12H26N2O3S. The van der Waals surface area contributed by atoms with E-state index < -0.39 is 15.6 Å². The molecule has 0 rings (SSSR count). The first-order valence-corrected chi connectivity index (χ1v) is 8.10. The molecule has 0 saturated carbocycles. The van der Waals surface area contributed by atoms with Gasteiger partial charge >= 0.3 is 0 Å². The lowest BCUT2D eigenvalue weighted by molar-refractivity contribution is -0.121. The molecule has 0 fully saturated rings. The van der Waals surface area contributed by atoms with Crippen LogP contribution in [0.4, 0.5) is 0 Å². The number of hydrogen-bond acceptors (Lipinski definition) is 3. The Balaban J connectivity index is 4.52. The van der Waals surface area contributed by atoms with Crippen molar-refractivity contribution < 1.29 is 13.2 Å². The van der Waals surface area contributed by atoms with Gasteiger partial charge in [0.25, 0.3) is 0 Å². The zero-order valence-electron chi connectivity index (χ0n) is 12.3. The van der Waals surface area contributed by atoms with Gasteiger partial charge in [0.2, 0.25) is 15.9 Å². The molecule has 1 unspecified atom stereocenters. The lowest BCUT2D eigenvalue weighted by Gasteiger charge is -2.33. The number of carbonyl (C=O) groups excluding carboxylic acids is 1. The summed E-state index contributed by atoms with van der Waals surface area (Å²) in [6, 6.07) is 0.124. The zero-order chi connectivity index (χ0) is 14.6. The quantitative estimate of drug-likeness (QED) is 0.797. The SMILES string of the molecule is CCC(C)NC(=O)CCN(C(C)(C)C)S(C)(=O)=O. The third-order valence-electron chi connectivity index (χ3n) is 2.71. The van der Waals surface area contributed by atoms with Gasteiger partial charge in [-0.15, -0.1) is 0 Å². The highest BCUT2D eigenvalue weighted by molar-refractivity contribution is 7.88. The van der Waals surface area contributed by atoms with Crippen LogP contribution in [0.1, 0.15) is 47.5 Å². The zero-order valence-corrected chi connectivity index (χ0v) is 13.1. The van der Waals surface area contributed by atoms with Crippen molar-refractivity contribution in [3.05, 3.63) is 0 Å². The first-order valence-electron chi connectivity index (χ1n) is 6.25. The van der Waals surface area contributed by atoms with Crippen molar-refractivity contribution in [1.29, 1.82) is 0 Å². The van der Waals surface area contributed by atoms with Gasteiger partial charge in [-0.3, -0.25) is 4.79 Å². The Labute approximate surface area is 111 Å². The van der Waals surface area contributed by atoms with Crippen LogP contribution in [0.5, 0.6) is 0 Å². The Kier molecular flexibility index (Phi) is 6.29. The highest BCUT2D eigenvalue weighted by Gasteiger charge is 2.29. The van der Waals surface area contributed by atoms with E-state index in [1.54, 1.807) is 0 Å². The normalized spacial score (nSPS) is 14.6. The van der Waals surface area contributed by atoms with Crippen LogP contribution in [0, 0.1) is 0 Å². The van der Waals surface area contributed by atoms with Gasteiger partial charge in [0, 0.05) is 24.5 Å². The van der Waals surface area contributed by atoms with Crippen molar-refractivity contribution >= 4 is 15.9 Å². The van der Waals surface area contributed by atoms with Crippen LogP contribution < -0.4 is 5.32 Å². The molecule has 0 heterocycles. The Morgan fingerprint density at radius 1 is 1.33 bits per heavy atom. The van der Waals surface area contributed by atoms with Crippen LogP contribution in [0.15, 0.2) is 0 Å². The first-order chi connectivity index (χ1) is 7.98. The van der Waals surface area contributed by atoms with E-state index in [0.29, 0.717) is 0 Å². The number of nitrogens with zero attached hydrogens (tertiary/aromatic N) is 1. The highest BCUT2D eigenvalue weighted by atomic mass is 32.2. The summed E-state index contributed by atoms with van der Waals surface area (Å²) in [5.41, 5.74) is -0.510. The Hall–Kier alpha value is -0.620. The number of carbonyl (C=O) groups is 1. The van der Waals surface area contributed by atoms with Gasteiger partial charge in [-0.25, -0.2) is 8.42 Å². The van der Waals surface area contributed by atoms with E-state index in [-0.39, 0.29) is 24.9 Å². The molecule has 6 heteroatoms. The van der Waals surface area contributed by atoms with Gasteiger partial charge in [0.1, 0.15) is 0 Å². The van der Waals surface area contributed by atoms with Crippen LogP contribution in [-0.2, 0) is 14.8 Å². The maximum absolute atomic E-state index is 11.7. The molecule has 1 atom stereocenters. The van der Waals surface area contributed by atoms with Gasteiger partial charge in [0.05, 0.1) is 6.26 Å². The molecule has 0 aromatic heterocycles. The van der Waals surface area contributed by atoms with Gasteiger partial charge < -0.3 is 5.32 Å². The van der Waals surface area contributed by atoms with Crippen LogP contribution in [0.3, 0.4) is 0 Å². The minimum atomic E-state index is -3.30. The molecular weight excluding hydrogens is 252 g/mol. The van der Waals surface area contributed by atoms with Gasteiger partial charge in [-0.05, 0) is 34.1 Å². The van der Waals surface area contributed by atoms with E-state index >= 15 is 0 Å². The van der Waals surface area contributed by atoms with Gasteiger partial charge in [0.15, 0.2) is 0 Å². The fraction of sp³-hybridized carbons (Fsp3) is 0.917. The smallest absolute Gasteiger partial charge is 0.221 e. The fourth-order valence-corrected chi connectivity index (χ4v) is 3.07. The Bertz CT molecular complexity index is 371. The third kappa shape index (κ3) is 6.35. The monoisotopic (exact) mass is 278 g/mol. The van der Waals surface area contributed by atoms with Gasteiger partial charge in [-0.1, -0.05) is 6.92 Å². The fourth-order valence-electron chi connectivity index (χ4n) is 1.65. The lowest BCUT2D eigenvalue weighted by atomic mass is 10.1. The maximum Gasteiger partial charge on any atom is 0.221 e. The number of rotatable bonds is 6. The van der Waals surface area contributed by atoms with E-state index in [9.17, 15) is 13.2 Å². The summed E-state index contributed by atoms with van der Waals surface area (Å²) in [6.07, 6.45) is 2.22. The number of hydrogen-bond donors (Lipinski definition) is 1. The largest absolute Gasteiger partial charge is 0.354 e. The summed E-state index contributed by atoms with van der Waals surface area (Å²) in [5, 5.41) is 2.83. The molecule has 0 aromatic carbocycles. The molecule has 0 radical (unpaired) electrons. The van der Waals surface area contributed by atoms with E-state index in [2.05, 4.69) is 5.32 Å². The van der Waals surface area contributed by atoms with Crippen LogP contribution in [-0.4, -0.2) is 43.0 Å². The minimum Gasteiger partial charge on any atom is -0.354 e. The number of sulfonamides is 1. The first kappa shape index (κ1) is 17.4. The van der Waals surface area contributed by atoms with Crippen molar-refractivity contribution in [2.45, 2.75) is 59.0 Å². The maximum atomic E-state index is 11.7. The lowest BCUT2D eigenvalue weighted by Crippen LogP contribution is -2.47. The standard InChI is InChI=1S/C12H26N2O3S/c1-7-10(2)13-11(15)8-9-14(12(3,4)5)18(6,16)17/h10H,7-9H2,1-6H3,(H,13,15). The summed E-state index contributed by atoms with van der Waals surface area (Å²) < 4.78 is 24.7. The second kappa shape index (κ2) is 6.52. The predicted octanol–water partition coefficient (Wildman–Crippen LogP) is 1.35. The van der Waals surface area contributed by atoms with E-state index in [1.807, 2.05) is 34.6 Å². The topological polar surface area (TPSA) is 66.5 Å². The number of amides is 1. The van der Waals surface area contributed by atoms with Gasteiger partial charge in [-0.2, -0.15) is 4.31 Å². The average molecular weight is 278 g/mol. The predicted molar refractivity (Wildman–Crippen MR) is 73.8 cm³/mol. The van der Waals surface area contributed by atoms with Crippen molar-refractivity contribution in [2.24, 2.45) is 0 Å². The minimum absolute atomic E-state index is 0.109. The van der Waals surface area contributed by atoms with Crippen LogP contribution in [0.25, 0.3) is 0 Å². The third-order valence-corrected chi connectivity index (χ3v) is 4.24. The molecule has 108 valence electrons. The van der Waals surface area contributed by atoms with E-state index in [4.69, 9.17) is 0 Å². The van der Waals surface area contributed by atoms with Crippen LogP contribution >= 0.6 is 0 Å². The molecule has 0 spiro atoms. The molecule has 5 nitrogen and oxygen atoms in total. The van der Waals surface area contributed by atoms with Crippen molar-refractivity contribution in [2.75, 3.05) is 12.8 Å². The molecule has 1 N–H and O–H groups in total. The number of nitrogens with one attached hydrogen (secondary N) is 1. The van der Waals surface area contributed by atoms with Crippen molar-refractivity contribution in [3.63, 3.8) is 0 Å². The highest BCUT2D eigenvalue weighted by Crippen LogP contribution is 2.17. The molecule has 18 heavy (non-hydrogen) atoms. The van der Waals surface area contributed by atoms with Crippen molar-refractivity contribution in [3.8, 4) is 0 Å². The molecule has 0 aliphatic carbocycles. The molecule has 0 aliphatic heterocycles. The summed E-state index contributed by atoms with van der Waals surface area (Å²) in [4.78, 5) is 11.6.